The molecule has 160 valence electrons. The molecule has 31 heavy (non-hydrogen) atoms. The average Bonchev–Trinajstić information content (AvgIpc) is 2.80. The second kappa shape index (κ2) is 9.52. The first-order valence-corrected chi connectivity index (χ1v) is 11.0. The molecule has 0 saturated heterocycles. The van der Waals surface area contributed by atoms with Crippen molar-refractivity contribution in [2.75, 3.05) is 23.3 Å². The van der Waals surface area contributed by atoms with Crippen molar-refractivity contribution >= 4 is 34.6 Å². The molecule has 1 atom stereocenters. The highest BCUT2D eigenvalue weighted by atomic mass is 35.5. The average molecular weight is 435 g/mol. The van der Waals surface area contributed by atoms with Crippen LogP contribution >= 0.6 is 11.6 Å². The predicted octanol–water partition coefficient (Wildman–Crippen LogP) is 5.79. The lowest BCUT2D eigenvalue weighted by molar-refractivity contribution is 0.186. The Morgan fingerprint density at radius 1 is 1.00 bits per heavy atom. The topological polar surface area (TPSA) is 51.1 Å². The van der Waals surface area contributed by atoms with E-state index in [1.807, 2.05) is 48.5 Å². The number of aliphatic imine (C=N–C) groups is 1. The number of nitrogens with one attached hydrogen (secondary N) is 1. The first kappa shape index (κ1) is 21.4. The largest absolute Gasteiger partial charge is 0.369 e. The van der Waals surface area contributed by atoms with Crippen LogP contribution < -0.4 is 10.2 Å². The van der Waals surface area contributed by atoms with Gasteiger partial charge in [-0.25, -0.2) is 4.99 Å². The molecule has 0 fully saturated rings. The van der Waals surface area contributed by atoms with Gasteiger partial charge in [0.2, 0.25) is 5.96 Å². The number of hydrogen-bond donors (Lipinski definition) is 2. The maximum atomic E-state index is 11.2. The summed E-state index contributed by atoms with van der Waals surface area (Å²) >= 11 is 6.18. The Balaban J connectivity index is 1.65. The van der Waals surface area contributed by atoms with Crippen molar-refractivity contribution < 1.29 is 5.11 Å². The van der Waals surface area contributed by atoms with E-state index in [-0.39, 0.29) is 0 Å². The van der Waals surface area contributed by atoms with Crippen molar-refractivity contribution in [2.24, 2.45) is 4.99 Å². The molecule has 1 aliphatic heterocycles. The number of anilines is 2. The monoisotopic (exact) mass is 434 g/mol. The summed E-state index contributed by atoms with van der Waals surface area (Å²) in [7, 11) is 0. The van der Waals surface area contributed by atoms with Crippen LogP contribution in [0.3, 0.4) is 0 Å². The first-order chi connectivity index (χ1) is 15.1. The molecule has 0 bridgehead atoms. The van der Waals surface area contributed by atoms with Gasteiger partial charge in [-0.2, -0.15) is 0 Å². The summed E-state index contributed by atoms with van der Waals surface area (Å²) in [4.78, 5) is 8.95. The molecule has 0 amide bonds. The fourth-order valence-electron chi connectivity index (χ4n) is 3.73. The smallest absolute Gasteiger partial charge is 0.210 e. The van der Waals surface area contributed by atoms with Crippen LogP contribution in [0.1, 0.15) is 31.2 Å². The lowest BCUT2D eigenvalue weighted by Gasteiger charge is -2.35. The van der Waals surface area contributed by atoms with Gasteiger partial charge in [-0.1, -0.05) is 55.8 Å². The molecule has 0 radical (unpaired) electrons. The van der Waals surface area contributed by atoms with Crippen LogP contribution in [0.2, 0.25) is 5.02 Å². The van der Waals surface area contributed by atoms with Crippen LogP contribution in [-0.2, 0) is 6.54 Å². The minimum absolute atomic E-state index is 0.560. The molecule has 3 aromatic carbocycles. The summed E-state index contributed by atoms with van der Waals surface area (Å²) < 4.78 is 0. The zero-order valence-electron chi connectivity index (χ0n) is 17.8. The van der Waals surface area contributed by atoms with E-state index in [2.05, 4.69) is 36.2 Å². The minimum atomic E-state index is -0.905. The molecule has 1 heterocycles. The van der Waals surface area contributed by atoms with Crippen LogP contribution in [-0.4, -0.2) is 29.1 Å². The molecule has 0 aromatic heterocycles. The molecule has 4 rings (SSSR count). The number of halogens is 1. The maximum absolute atomic E-state index is 11.2. The summed E-state index contributed by atoms with van der Waals surface area (Å²) in [5, 5.41) is 15.1. The number of para-hydroxylation sites is 1. The highest BCUT2D eigenvalue weighted by Crippen LogP contribution is 2.37. The van der Waals surface area contributed by atoms with E-state index in [9.17, 15) is 5.11 Å². The Labute approximate surface area is 188 Å². The van der Waals surface area contributed by atoms with E-state index in [1.54, 1.807) is 17.0 Å². The quantitative estimate of drug-likeness (QED) is 0.515. The van der Waals surface area contributed by atoms with Crippen molar-refractivity contribution in [3.05, 3.63) is 88.9 Å². The fourth-order valence-corrected chi connectivity index (χ4v) is 3.91. The van der Waals surface area contributed by atoms with E-state index in [0.29, 0.717) is 22.2 Å². The van der Waals surface area contributed by atoms with Crippen molar-refractivity contribution in [2.45, 2.75) is 26.6 Å². The number of rotatable bonds is 6. The van der Waals surface area contributed by atoms with Crippen molar-refractivity contribution in [1.29, 1.82) is 0 Å². The number of guanidine groups is 1. The SMILES string of the molecule is CCN(CC)Cc1ccc(NC2=Nc3ccc(Cl)cc3C(O)N2c2ccccc2)cc1. The summed E-state index contributed by atoms with van der Waals surface area (Å²) in [6, 6.07) is 23.5. The Bertz CT molecular complexity index is 1050. The van der Waals surface area contributed by atoms with Gasteiger partial charge < -0.3 is 10.4 Å². The van der Waals surface area contributed by atoms with Crippen LogP contribution in [0.5, 0.6) is 0 Å². The number of hydrogen-bond acceptors (Lipinski definition) is 5. The van der Waals surface area contributed by atoms with Crippen molar-refractivity contribution in [3.8, 4) is 0 Å². The van der Waals surface area contributed by atoms with E-state index in [0.717, 1.165) is 31.0 Å². The van der Waals surface area contributed by atoms with E-state index in [1.165, 1.54) is 5.56 Å². The van der Waals surface area contributed by atoms with Crippen molar-refractivity contribution in [3.63, 3.8) is 0 Å². The summed E-state index contributed by atoms with van der Waals surface area (Å²) in [5.41, 5.74) is 4.39. The third kappa shape index (κ3) is 4.74. The highest BCUT2D eigenvalue weighted by Gasteiger charge is 2.30. The number of fused-ring (bicyclic) bond motifs is 1. The molecule has 5 nitrogen and oxygen atoms in total. The maximum Gasteiger partial charge on any atom is 0.210 e. The van der Waals surface area contributed by atoms with Gasteiger partial charge in [0.1, 0.15) is 0 Å². The van der Waals surface area contributed by atoms with Gasteiger partial charge in [0, 0.05) is 28.5 Å². The van der Waals surface area contributed by atoms with Crippen LogP contribution in [0.4, 0.5) is 17.1 Å². The molecule has 1 unspecified atom stereocenters. The second-order valence-corrected chi connectivity index (χ2v) is 7.94. The Kier molecular flexibility index (Phi) is 6.56. The van der Waals surface area contributed by atoms with E-state index in [4.69, 9.17) is 16.6 Å². The minimum Gasteiger partial charge on any atom is -0.369 e. The van der Waals surface area contributed by atoms with Gasteiger partial charge in [0.05, 0.1) is 5.69 Å². The second-order valence-electron chi connectivity index (χ2n) is 7.50. The lowest BCUT2D eigenvalue weighted by atomic mass is 10.1. The Morgan fingerprint density at radius 2 is 1.71 bits per heavy atom. The van der Waals surface area contributed by atoms with Gasteiger partial charge in [0.25, 0.3) is 0 Å². The molecule has 6 heteroatoms. The normalized spacial score (nSPS) is 15.6. The zero-order valence-corrected chi connectivity index (χ0v) is 18.5. The lowest BCUT2D eigenvalue weighted by Crippen LogP contribution is -2.41. The molecule has 3 aromatic rings. The Morgan fingerprint density at radius 3 is 2.39 bits per heavy atom. The van der Waals surface area contributed by atoms with Crippen molar-refractivity contribution in [1.82, 2.24) is 4.90 Å². The van der Waals surface area contributed by atoms with Gasteiger partial charge in [0.15, 0.2) is 6.23 Å². The van der Waals surface area contributed by atoms with Gasteiger partial charge in [-0.05, 0) is 61.1 Å². The first-order valence-electron chi connectivity index (χ1n) is 10.6. The molecule has 2 N–H and O–H groups in total. The van der Waals surface area contributed by atoms with Crippen LogP contribution in [0.25, 0.3) is 0 Å². The number of aliphatic hydroxyl groups is 1. The number of nitrogens with zero attached hydrogens (tertiary/aromatic N) is 3. The third-order valence-electron chi connectivity index (χ3n) is 5.51. The molecule has 0 spiro atoms. The summed E-state index contributed by atoms with van der Waals surface area (Å²) in [6.07, 6.45) is -0.905. The van der Waals surface area contributed by atoms with Gasteiger partial charge >= 0.3 is 0 Å². The predicted molar refractivity (Wildman–Crippen MR) is 129 cm³/mol. The van der Waals surface area contributed by atoms with E-state index < -0.39 is 6.23 Å². The molecular formula is C25H27ClN4O. The standard InChI is InChI=1S/C25H27ClN4O/c1-3-29(4-2)17-18-10-13-20(14-11-18)27-25-28-23-15-12-19(26)16-22(23)24(31)30(25)21-8-6-5-7-9-21/h5-16,24,31H,3-4,17H2,1-2H3,(H,27,28). The highest BCUT2D eigenvalue weighted by molar-refractivity contribution is 6.30. The van der Waals surface area contributed by atoms with Gasteiger partial charge in [-0.15, -0.1) is 0 Å². The molecule has 0 saturated carbocycles. The number of benzene rings is 3. The zero-order chi connectivity index (χ0) is 21.8. The molecular weight excluding hydrogens is 408 g/mol. The molecule has 1 aliphatic rings. The summed E-state index contributed by atoms with van der Waals surface area (Å²) in [5.74, 6) is 0.560. The van der Waals surface area contributed by atoms with E-state index >= 15 is 0 Å². The van der Waals surface area contributed by atoms with Crippen LogP contribution in [0, 0.1) is 0 Å². The fraction of sp³-hybridized carbons (Fsp3) is 0.240. The van der Waals surface area contributed by atoms with Gasteiger partial charge in [-0.3, -0.25) is 9.80 Å². The van der Waals surface area contributed by atoms with Crippen LogP contribution in [0.15, 0.2) is 77.8 Å². The third-order valence-corrected chi connectivity index (χ3v) is 5.75. The molecule has 0 aliphatic carbocycles. The summed E-state index contributed by atoms with van der Waals surface area (Å²) in [6.45, 7) is 7.34. The number of aliphatic hydroxyl groups excluding tert-OH is 1. The Hall–Kier alpha value is -2.86.